The minimum absolute atomic E-state index is 0.00968. The number of halogens is 1. The molecule has 0 aromatic heterocycles. The van der Waals surface area contributed by atoms with E-state index in [0.29, 0.717) is 0 Å². The fourth-order valence-electron chi connectivity index (χ4n) is 2.38. The van der Waals surface area contributed by atoms with Gasteiger partial charge in [-0.15, -0.1) is 0 Å². The normalized spacial score (nSPS) is 11.4. The van der Waals surface area contributed by atoms with Gasteiger partial charge in [0.25, 0.3) is 0 Å². The summed E-state index contributed by atoms with van der Waals surface area (Å²) in [7, 11) is 0. The van der Waals surface area contributed by atoms with Crippen LogP contribution in [0.1, 0.15) is 37.8 Å². The van der Waals surface area contributed by atoms with E-state index in [-0.39, 0.29) is 5.41 Å². The zero-order valence-corrected chi connectivity index (χ0v) is 14.4. The maximum absolute atomic E-state index is 5.76. The highest BCUT2D eigenvalue weighted by molar-refractivity contribution is 9.09. The van der Waals surface area contributed by atoms with Crippen LogP contribution in [0.2, 0.25) is 0 Å². The molecule has 1 nitrogen and oxygen atoms in total. The van der Waals surface area contributed by atoms with Gasteiger partial charge in [0.1, 0.15) is 5.75 Å². The van der Waals surface area contributed by atoms with Crippen LogP contribution >= 0.6 is 15.9 Å². The van der Waals surface area contributed by atoms with E-state index in [0.717, 1.165) is 30.5 Å². The van der Waals surface area contributed by atoms with Gasteiger partial charge in [-0.1, -0.05) is 72.2 Å². The highest BCUT2D eigenvalue weighted by atomic mass is 79.9. The Morgan fingerprint density at radius 3 is 2.10 bits per heavy atom. The number of benzene rings is 2. The summed E-state index contributed by atoms with van der Waals surface area (Å²) in [5, 5.41) is 1.04. The van der Waals surface area contributed by atoms with Crippen LogP contribution in [0.3, 0.4) is 0 Å². The van der Waals surface area contributed by atoms with Crippen molar-refractivity contribution in [1.29, 1.82) is 0 Å². The van der Waals surface area contributed by atoms with Crippen molar-refractivity contribution in [1.82, 2.24) is 0 Å². The van der Waals surface area contributed by atoms with E-state index in [9.17, 15) is 0 Å². The molecule has 0 aliphatic carbocycles. The molecule has 2 aromatic rings. The zero-order valence-electron chi connectivity index (χ0n) is 12.8. The molecule has 0 atom stereocenters. The maximum atomic E-state index is 5.76. The number of alkyl halides is 1. The standard InChI is InChI=1S/C19H23BrO/c1-19(2,16-8-4-3-5-9-16)17-10-12-18(13-11-17)21-15-7-6-14-20/h3-5,8-13H,6-7,14-15H2,1-2H3. The van der Waals surface area contributed by atoms with Crippen molar-refractivity contribution in [3.05, 3.63) is 65.7 Å². The van der Waals surface area contributed by atoms with Crippen LogP contribution in [-0.2, 0) is 5.41 Å². The van der Waals surface area contributed by atoms with Crippen molar-refractivity contribution in [3.63, 3.8) is 0 Å². The fourth-order valence-corrected chi connectivity index (χ4v) is 2.77. The van der Waals surface area contributed by atoms with E-state index in [1.54, 1.807) is 0 Å². The molecule has 0 bridgehead atoms. The summed E-state index contributed by atoms with van der Waals surface area (Å²) < 4.78 is 5.76. The molecule has 0 fully saturated rings. The average Bonchev–Trinajstić information content (AvgIpc) is 2.53. The Balaban J connectivity index is 2.04. The van der Waals surface area contributed by atoms with Gasteiger partial charge < -0.3 is 4.74 Å². The van der Waals surface area contributed by atoms with Gasteiger partial charge in [-0.3, -0.25) is 0 Å². The second kappa shape index (κ2) is 7.65. The molecule has 0 aliphatic rings. The predicted molar refractivity (Wildman–Crippen MR) is 93.5 cm³/mol. The fraction of sp³-hybridized carbons (Fsp3) is 0.368. The minimum Gasteiger partial charge on any atom is -0.494 e. The lowest BCUT2D eigenvalue weighted by molar-refractivity contribution is 0.310. The molecular weight excluding hydrogens is 324 g/mol. The second-order valence-electron chi connectivity index (χ2n) is 5.76. The van der Waals surface area contributed by atoms with Crippen LogP contribution in [0.15, 0.2) is 54.6 Å². The molecule has 2 aromatic carbocycles. The molecule has 0 saturated heterocycles. The molecule has 0 radical (unpaired) electrons. The number of rotatable bonds is 7. The Morgan fingerprint density at radius 1 is 0.857 bits per heavy atom. The quantitative estimate of drug-likeness (QED) is 0.470. The summed E-state index contributed by atoms with van der Waals surface area (Å²) in [5.74, 6) is 0.956. The molecule has 0 spiro atoms. The highest BCUT2D eigenvalue weighted by Crippen LogP contribution is 2.32. The lowest BCUT2D eigenvalue weighted by Crippen LogP contribution is -2.18. The first kappa shape index (κ1) is 16.1. The van der Waals surface area contributed by atoms with E-state index in [1.807, 2.05) is 0 Å². The first-order chi connectivity index (χ1) is 10.1. The Kier molecular flexibility index (Phi) is 5.86. The second-order valence-corrected chi connectivity index (χ2v) is 6.55. The summed E-state index contributed by atoms with van der Waals surface area (Å²) in [6, 6.07) is 19.1. The number of hydrogen-bond donors (Lipinski definition) is 0. The third kappa shape index (κ3) is 4.34. The van der Waals surface area contributed by atoms with Gasteiger partial charge in [0, 0.05) is 10.7 Å². The van der Waals surface area contributed by atoms with E-state index in [4.69, 9.17) is 4.74 Å². The van der Waals surface area contributed by atoms with Crippen LogP contribution in [0.5, 0.6) is 5.75 Å². The molecule has 0 amide bonds. The third-order valence-electron chi connectivity index (χ3n) is 3.87. The van der Waals surface area contributed by atoms with Gasteiger partial charge >= 0.3 is 0 Å². The van der Waals surface area contributed by atoms with Crippen LogP contribution in [0.25, 0.3) is 0 Å². The molecule has 0 unspecified atom stereocenters. The van der Waals surface area contributed by atoms with Crippen molar-refractivity contribution in [2.45, 2.75) is 32.1 Å². The zero-order chi connectivity index (χ0) is 15.1. The molecule has 2 heteroatoms. The van der Waals surface area contributed by atoms with Crippen LogP contribution in [0, 0.1) is 0 Å². The van der Waals surface area contributed by atoms with Crippen molar-refractivity contribution in [2.24, 2.45) is 0 Å². The number of unbranched alkanes of at least 4 members (excludes halogenated alkanes) is 1. The lowest BCUT2D eigenvalue weighted by Gasteiger charge is -2.26. The van der Waals surface area contributed by atoms with Gasteiger partial charge in [-0.05, 0) is 36.1 Å². The van der Waals surface area contributed by atoms with E-state index < -0.39 is 0 Å². The van der Waals surface area contributed by atoms with Gasteiger partial charge in [0.05, 0.1) is 6.61 Å². The summed E-state index contributed by atoms with van der Waals surface area (Å²) in [6.45, 7) is 5.30. The Bertz CT molecular complexity index is 531. The Hall–Kier alpha value is -1.28. The van der Waals surface area contributed by atoms with Gasteiger partial charge in [0.15, 0.2) is 0 Å². The Labute approximate surface area is 136 Å². The van der Waals surface area contributed by atoms with E-state index in [1.165, 1.54) is 11.1 Å². The molecule has 0 aliphatic heterocycles. The largest absolute Gasteiger partial charge is 0.494 e. The van der Waals surface area contributed by atoms with Crippen LogP contribution in [0.4, 0.5) is 0 Å². The molecular formula is C19H23BrO. The summed E-state index contributed by atoms with van der Waals surface area (Å²) >= 11 is 3.43. The summed E-state index contributed by atoms with van der Waals surface area (Å²) in [4.78, 5) is 0. The first-order valence-corrected chi connectivity index (χ1v) is 8.61. The first-order valence-electron chi connectivity index (χ1n) is 7.49. The molecule has 112 valence electrons. The van der Waals surface area contributed by atoms with Crippen molar-refractivity contribution < 1.29 is 4.74 Å². The minimum atomic E-state index is 0.00968. The molecule has 0 N–H and O–H groups in total. The summed E-state index contributed by atoms with van der Waals surface area (Å²) in [5.41, 5.74) is 2.65. The van der Waals surface area contributed by atoms with Crippen LogP contribution in [-0.4, -0.2) is 11.9 Å². The van der Waals surface area contributed by atoms with Gasteiger partial charge in [-0.25, -0.2) is 0 Å². The van der Waals surface area contributed by atoms with E-state index in [2.05, 4.69) is 84.4 Å². The molecule has 21 heavy (non-hydrogen) atoms. The third-order valence-corrected chi connectivity index (χ3v) is 4.43. The highest BCUT2D eigenvalue weighted by Gasteiger charge is 2.22. The van der Waals surface area contributed by atoms with E-state index >= 15 is 0 Å². The molecule has 0 saturated carbocycles. The maximum Gasteiger partial charge on any atom is 0.119 e. The van der Waals surface area contributed by atoms with Crippen molar-refractivity contribution >= 4 is 15.9 Å². The number of ether oxygens (including phenoxy) is 1. The monoisotopic (exact) mass is 346 g/mol. The smallest absolute Gasteiger partial charge is 0.119 e. The molecule has 0 heterocycles. The van der Waals surface area contributed by atoms with Gasteiger partial charge in [-0.2, -0.15) is 0 Å². The topological polar surface area (TPSA) is 9.23 Å². The van der Waals surface area contributed by atoms with Crippen molar-refractivity contribution in [2.75, 3.05) is 11.9 Å². The lowest BCUT2D eigenvalue weighted by atomic mass is 9.78. The molecule has 2 rings (SSSR count). The van der Waals surface area contributed by atoms with Gasteiger partial charge in [0.2, 0.25) is 0 Å². The average molecular weight is 347 g/mol. The SMILES string of the molecule is CC(C)(c1ccccc1)c1ccc(OCCCCBr)cc1. The predicted octanol–water partition coefficient (Wildman–Crippen LogP) is 5.57. The van der Waals surface area contributed by atoms with Crippen molar-refractivity contribution in [3.8, 4) is 5.75 Å². The van der Waals surface area contributed by atoms with Crippen LogP contribution < -0.4 is 4.74 Å². The number of hydrogen-bond acceptors (Lipinski definition) is 1. The summed E-state index contributed by atoms with van der Waals surface area (Å²) in [6.07, 6.45) is 2.24. The Morgan fingerprint density at radius 2 is 1.48 bits per heavy atom.